The number of halogens is 3. The molecule has 1 aliphatic carbocycles. The van der Waals surface area contributed by atoms with E-state index < -0.39 is 17.6 Å². The number of nitrogens with zero attached hydrogens (tertiary/aromatic N) is 8. The normalized spacial score (nSPS) is 19.5. The predicted octanol–water partition coefficient (Wildman–Crippen LogP) is 6.13. The van der Waals surface area contributed by atoms with Crippen LogP contribution in [0, 0.1) is 12.7 Å². The van der Waals surface area contributed by atoms with Crippen LogP contribution in [0.4, 0.5) is 14.6 Å². The standard InChI is InChI=1S/C36H37ClF2N8O2/c1-22-40-12-9-24(42-22)19-28(38)34(48)46-17-15-45(16-18-46)33-26-20-41-31(25-5-2-6-27(37)29(25)23-7-8-23)30(39)32(26)43-35(44-33)49-21-36-10-3-13-47(36)14-4-11-36/h2,5-6,9,12,19-20,23H,3-4,7-8,10-11,13-18,21H2,1H3/b28-19-. The van der Waals surface area contributed by atoms with Crippen molar-refractivity contribution in [2.45, 2.75) is 56.9 Å². The molecule has 3 aliphatic heterocycles. The maximum absolute atomic E-state index is 16.7. The Hall–Kier alpha value is -4.29. The second-order valence-corrected chi connectivity index (χ2v) is 13.9. The van der Waals surface area contributed by atoms with Crippen LogP contribution in [0.15, 0.2) is 42.5 Å². The number of hydrogen-bond acceptors (Lipinski definition) is 9. The molecule has 1 saturated carbocycles. The minimum Gasteiger partial charge on any atom is -0.461 e. The molecule has 254 valence electrons. The van der Waals surface area contributed by atoms with E-state index in [1.165, 1.54) is 11.1 Å². The van der Waals surface area contributed by atoms with Crippen LogP contribution in [0.25, 0.3) is 28.2 Å². The van der Waals surface area contributed by atoms with Gasteiger partial charge in [0.2, 0.25) is 0 Å². The highest BCUT2D eigenvalue weighted by Gasteiger charge is 2.45. The van der Waals surface area contributed by atoms with Crippen LogP contribution in [0.5, 0.6) is 6.01 Å². The summed E-state index contributed by atoms with van der Waals surface area (Å²) in [5.74, 6) is -0.928. The zero-order valence-electron chi connectivity index (χ0n) is 27.3. The van der Waals surface area contributed by atoms with E-state index in [4.69, 9.17) is 21.3 Å². The summed E-state index contributed by atoms with van der Waals surface area (Å²) in [4.78, 5) is 41.2. The van der Waals surface area contributed by atoms with Crippen LogP contribution in [-0.2, 0) is 4.79 Å². The largest absolute Gasteiger partial charge is 0.461 e. The average Bonchev–Trinajstić information content (AvgIpc) is 3.74. The van der Waals surface area contributed by atoms with Crippen molar-refractivity contribution in [1.82, 2.24) is 34.7 Å². The first kappa shape index (κ1) is 31.9. The van der Waals surface area contributed by atoms with E-state index in [2.05, 4.69) is 24.8 Å². The van der Waals surface area contributed by atoms with Gasteiger partial charge in [-0.15, -0.1) is 0 Å². The second-order valence-electron chi connectivity index (χ2n) is 13.5. The molecule has 8 rings (SSSR count). The number of amides is 1. The van der Waals surface area contributed by atoms with Gasteiger partial charge < -0.3 is 14.5 Å². The van der Waals surface area contributed by atoms with Gasteiger partial charge in [-0.25, -0.2) is 18.7 Å². The van der Waals surface area contributed by atoms with Crippen LogP contribution in [0.1, 0.15) is 61.5 Å². The molecule has 4 aliphatic rings. The summed E-state index contributed by atoms with van der Waals surface area (Å²) in [5, 5.41) is 1.05. The van der Waals surface area contributed by atoms with Crippen LogP contribution in [-0.4, -0.2) is 92.0 Å². The van der Waals surface area contributed by atoms with Gasteiger partial charge in [-0.3, -0.25) is 14.7 Å². The fraction of sp³-hybridized carbons (Fsp3) is 0.444. The topological polar surface area (TPSA) is 100 Å². The van der Waals surface area contributed by atoms with E-state index in [-0.39, 0.29) is 41.8 Å². The quantitative estimate of drug-likeness (QED) is 0.203. The van der Waals surface area contributed by atoms with Gasteiger partial charge in [-0.2, -0.15) is 9.97 Å². The third-order valence-electron chi connectivity index (χ3n) is 10.4. The summed E-state index contributed by atoms with van der Waals surface area (Å²) in [6.45, 7) is 5.41. The molecule has 0 radical (unpaired) electrons. The van der Waals surface area contributed by atoms with Gasteiger partial charge in [-0.1, -0.05) is 23.7 Å². The molecule has 1 aromatic carbocycles. The number of fused-ring (bicyclic) bond motifs is 2. The lowest BCUT2D eigenvalue weighted by atomic mass is 9.95. The molecule has 13 heteroatoms. The van der Waals surface area contributed by atoms with Crippen molar-refractivity contribution in [2.24, 2.45) is 0 Å². The molecule has 0 unspecified atom stereocenters. The highest BCUT2D eigenvalue weighted by Crippen LogP contribution is 2.48. The highest BCUT2D eigenvalue weighted by molar-refractivity contribution is 6.32. The molecule has 0 N–H and O–H groups in total. The number of benzene rings is 1. The zero-order chi connectivity index (χ0) is 33.7. The van der Waals surface area contributed by atoms with E-state index in [0.717, 1.165) is 63.3 Å². The number of carbonyl (C=O) groups excluding carboxylic acids is 1. The van der Waals surface area contributed by atoms with Gasteiger partial charge in [0.25, 0.3) is 5.91 Å². The summed E-state index contributed by atoms with van der Waals surface area (Å²) in [6, 6.07) is 7.16. The van der Waals surface area contributed by atoms with E-state index in [0.29, 0.717) is 53.0 Å². The lowest BCUT2D eigenvalue weighted by Gasteiger charge is -2.35. The number of hydrogen-bond donors (Lipinski definition) is 0. The molecule has 0 bridgehead atoms. The fourth-order valence-corrected chi connectivity index (χ4v) is 8.05. The number of carbonyl (C=O) groups is 1. The summed E-state index contributed by atoms with van der Waals surface area (Å²) in [6.07, 6.45) is 10.6. The fourth-order valence-electron chi connectivity index (χ4n) is 7.72. The van der Waals surface area contributed by atoms with E-state index in [9.17, 15) is 4.79 Å². The maximum Gasteiger partial charge on any atom is 0.319 e. The molecule has 4 fully saturated rings. The monoisotopic (exact) mass is 686 g/mol. The number of pyridine rings is 1. The van der Waals surface area contributed by atoms with Crippen molar-refractivity contribution >= 4 is 40.3 Å². The maximum atomic E-state index is 16.7. The number of ether oxygens (including phenoxy) is 1. The van der Waals surface area contributed by atoms with Crippen molar-refractivity contribution in [3.63, 3.8) is 0 Å². The van der Waals surface area contributed by atoms with Crippen LogP contribution >= 0.6 is 11.6 Å². The number of piperazine rings is 1. The molecule has 6 heterocycles. The molecule has 3 saturated heterocycles. The van der Waals surface area contributed by atoms with Gasteiger partial charge in [0.1, 0.15) is 29.5 Å². The summed E-state index contributed by atoms with van der Waals surface area (Å²) < 4.78 is 38.1. The molecule has 49 heavy (non-hydrogen) atoms. The van der Waals surface area contributed by atoms with Crippen LogP contribution in [0.2, 0.25) is 5.02 Å². The zero-order valence-corrected chi connectivity index (χ0v) is 28.1. The van der Waals surface area contributed by atoms with Gasteiger partial charge in [0.05, 0.1) is 16.6 Å². The number of anilines is 1. The van der Waals surface area contributed by atoms with Crippen molar-refractivity contribution < 1.29 is 18.3 Å². The Morgan fingerprint density at radius 1 is 1.04 bits per heavy atom. The number of aryl methyl sites for hydroxylation is 1. The van der Waals surface area contributed by atoms with Gasteiger partial charge in [0, 0.05) is 55.2 Å². The Bertz CT molecular complexity index is 1950. The van der Waals surface area contributed by atoms with Crippen LogP contribution in [0.3, 0.4) is 0 Å². The Labute approximate surface area is 288 Å². The first-order valence-electron chi connectivity index (χ1n) is 17.0. The summed E-state index contributed by atoms with van der Waals surface area (Å²) in [5.41, 5.74) is 2.17. The first-order chi connectivity index (χ1) is 23.8. The van der Waals surface area contributed by atoms with Crippen molar-refractivity contribution in [1.29, 1.82) is 0 Å². The Morgan fingerprint density at radius 2 is 1.82 bits per heavy atom. The molecule has 0 spiro atoms. The second kappa shape index (κ2) is 12.9. The highest BCUT2D eigenvalue weighted by atomic mass is 35.5. The van der Waals surface area contributed by atoms with Crippen LogP contribution < -0.4 is 9.64 Å². The molecule has 10 nitrogen and oxygen atoms in total. The molecular weight excluding hydrogens is 650 g/mol. The van der Waals surface area contributed by atoms with Gasteiger partial charge >= 0.3 is 6.01 Å². The third-order valence-corrected chi connectivity index (χ3v) is 10.7. The molecule has 4 aromatic rings. The van der Waals surface area contributed by atoms with Crippen molar-refractivity contribution in [3.05, 3.63) is 70.4 Å². The number of aromatic nitrogens is 5. The summed E-state index contributed by atoms with van der Waals surface area (Å²) >= 11 is 6.62. The minimum atomic E-state index is -0.896. The first-order valence-corrected chi connectivity index (χ1v) is 17.4. The van der Waals surface area contributed by atoms with Gasteiger partial charge in [-0.05, 0) is 82.2 Å². The molecule has 3 aromatic heterocycles. The Morgan fingerprint density at radius 3 is 2.55 bits per heavy atom. The summed E-state index contributed by atoms with van der Waals surface area (Å²) in [7, 11) is 0. The van der Waals surface area contributed by atoms with E-state index in [1.807, 2.05) is 23.1 Å². The van der Waals surface area contributed by atoms with Crippen molar-refractivity contribution in [3.8, 4) is 17.3 Å². The Balaban J connectivity index is 1.11. The molecule has 0 atom stereocenters. The third kappa shape index (κ3) is 6.09. The molecular formula is C36H37ClF2N8O2. The molecule has 1 amide bonds. The van der Waals surface area contributed by atoms with E-state index in [1.54, 1.807) is 19.2 Å². The predicted molar refractivity (Wildman–Crippen MR) is 183 cm³/mol. The SMILES string of the molecule is Cc1nccc(/C=C(\F)C(=O)N2CCN(c3nc(OCC45CCCN4CCC5)nc4c(F)c(-c5cccc(Cl)c5C5CC5)ncc34)CC2)n1. The van der Waals surface area contributed by atoms with Crippen molar-refractivity contribution in [2.75, 3.05) is 50.8 Å². The lowest BCUT2D eigenvalue weighted by Crippen LogP contribution is -2.49. The lowest BCUT2D eigenvalue weighted by molar-refractivity contribution is -0.128. The smallest absolute Gasteiger partial charge is 0.319 e. The minimum absolute atomic E-state index is 0.0472. The average molecular weight is 687 g/mol. The Kier molecular flexibility index (Phi) is 8.39. The number of rotatable bonds is 8. The van der Waals surface area contributed by atoms with E-state index >= 15 is 8.78 Å². The van der Waals surface area contributed by atoms with Gasteiger partial charge in [0.15, 0.2) is 11.6 Å².